The summed E-state index contributed by atoms with van der Waals surface area (Å²) < 4.78 is 57.0. The van der Waals surface area contributed by atoms with Crippen molar-refractivity contribution in [3.05, 3.63) is 59.4 Å². The second-order valence-corrected chi connectivity index (χ2v) is 5.79. The van der Waals surface area contributed by atoms with Crippen molar-refractivity contribution in [2.75, 3.05) is 36.5 Å². The van der Waals surface area contributed by atoms with Gasteiger partial charge in [0.05, 0.1) is 24.5 Å². The first kappa shape index (κ1) is 18.2. The van der Waals surface area contributed by atoms with Gasteiger partial charge in [0.2, 0.25) is 0 Å². The summed E-state index contributed by atoms with van der Waals surface area (Å²) in [6.45, 7) is 2.42. The minimum atomic E-state index is -4.48. The molecular formula is C18H16F4N2O2. The molecule has 138 valence electrons. The molecule has 0 bridgehead atoms. The molecule has 1 aliphatic heterocycles. The van der Waals surface area contributed by atoms with E-state index >= 15 is 0 Å². The molecule has 8 heteroatoms. The molecule has 2 aromatic carbocycles. The minimum absolute atomic E-state index is 0.00850. The van der Waals surface area contributed by atoms with Crippen LogP contribution in [0, 0.1) is 5.82 Å². The second-order valence-electron chi connectivity index (χ2n) is 5.79. The quantitative estimate of drug-likeness (QED) is 0.835. The molecule has 0 unspecified atom stereocenters. The number of ether oxygens (including phenoxy) is 1. The number of rotatable bonds is 3. The predicted octanol–water partition coefficient (Wildman–Crippen LogP) is 3.93. The van der Waals surface area contributed by atoms with Crippen LogP contribution in [0.2, 0.25) is 0 Å². The van der Waals surface area contributed by atoms with Crippen LogP contribution >= 0.6 is 0 Å². The van der Waals surface area contributed by atoms with Crippen LogP contribution in [0.4, 0.5) is 28.9 Å². The lowest BCUT2D eigenvalue weighted by Crippen LogP contribution is -2.36. The first-order valence-corrected chi connectivity index (χ1v) is 7.95. The molecule has 1 fully saturated rings. The molecule has 0 spiro atoms. The average Bonchev–Trinajstić information content (AvgIpc) is 2.63. The summed E-state index contributed by atoms with van der Waals surface area (Å²) >= 11 is 0. The fraction of sp³-hybridized carbons (Fsp3) is 0.278. The maximum atomic E-state index is 14.0. The first-order chi connectivity index (χ1) is 12.3. The van der Waals surface area contributed by atoms with Crippen LogP contribution in [0.1, 0.15) is 15.9 Å². The lowest BCUT2D eigenvalue weighted by Gasteiger charge is -2.29. The molecule has 1 aliphatic rings. The first-order valence-electron chi connectivity index (χ1n) is 7.95. The molecule has 3 rings (SSSR count). The molecule has 0 atom stereocenters. The van der Waals surface area contributed by atoms with E-state index in [0.717, 1.165) is 30.0 Å². The zero-order chi connectivity index (χ0) is 18.7. The van der Waals surface area contributed by atoms with Gasteiger partial charge in [-0.25, -0.2) is 4.39 Å². The molecule has 1 amide bonds. The number of carbonyl (C=O) groups excluding carboxylic acids is 1. The van der Waals surface area contributed by atoms with Gasteiger partial charge >= 0.3 is 6.18 Å². The topological polar surface area (TPSA) is 41.6 Å². The summed E-state index contributed by atoms with van der Waals surface area (Å²) in [5.41, 5.74) is -0.139. The number of nitrogens with zero attached hydrogens (tertiary/aromatic N) is 1. The van der Waals surface area contributed by atoms with Gasteiger partial charge in [0.25, 0.3) is 5.91 Å². The number of amides is 1. The Bertz CT molecular complexity index is 785. The Morgan fingerprint density at radius 2 is 1.69 bits per heavy atom. The van der Waals surface area contributed by atoms with Crippen LogP contribution in [-0.4, -0.2) is 32.2 Å². The Balaban J connectivity index is 1.76. The number of hydrogen-bond acceptors (Lipinski definition) is 3. The van der Waals surface area contributed by atoms with Crippen molar-refractivity contribution in [2.24, 2.45) is 0 Å². The highest BCUT2D eigenvalue weighted by atomic mass is 19.4. The van der Waals surface area contributed by atoms with Crippen LogP contribution in [0.5, 0.6) is 0 Å². The number of carbonyl (C=O) groups is 1. The van der Waals surface area contributed by atoms with Crippen molar-refractivity contribution in [3.63, 3.8) is 0 Å². The van der Waals surface area contributed by atoms with Crippen molar-refractivity contribution in [1.82, 2.24) is 0 Å². The van der Waals surface area contributed by atoms with Gasteiger partial charge in [-0.3, -0.25) is 4.79 Å². The molecule has 0 saturated carbocycles. The Morgan fingerprint density at radius 3 is 2.31 bits per heavy atom. The highest BCUT2D eigenvalue weighted by Gasteiger charge is 2.30. The molecule has 0 radical (unpaired) electrons. The summed E-state index contributed by atoms with van der Waals surface area (Å²) in [4.78, 5) is 14.2. The highest BCUT2D eigenvalue weighted by molar-refractivity contribution is 6.04. The average molecular weight is 368 g/mol. The van der Waals surface area contributed by atoms with Crippen molar-refractivity contribution < 1.29 is 27.1 Å². The maximum absolute atomic E-state index is 14.0. The molecule has 4 nitrogen and oxygen atoms in total. The molecule has 2 aromatic rings. The van der Waals surface area contributed by atoms with E-state index in [9.17, 15) is 22.4 Å². The molecule has 1 saturated heterocycles. The molecule has 1 heterocycles. The van der Waals surface area contributed by atoms with Crippen LogP contribution in [0.15, 0.2) is 42.5 Å². The smallest absolute Gasteiger partial charge is 0.378 e. The standard InChI is InChI=1S/C18H16F4N2O2/c19-15-6-5-14(24-7-9-26-10-8-24)11-16(15)23-17(25)12-1-3-13(4-2-12)18(20,21)22/h1-6,11H,7-10H2,(H,23,25). The maximum Gasteiger partial charge on any atom is 0.416 e. The number of halogens is 4. The Labute approximate surface area is 147 Å². The number of benzene rings is 2. The van der Waals surface area contributed by atoms with E-state index in [4.69, 9.17) is 4.74 Å². The van der Waals surface area contributed by atoms with Gasteiger partial charge < -0.3 is 15.0 Å². The van der Waals surface area contributed by atoms with E-state index in [1.54, 1.807) is 6.07 Å². The molecular weight excluding hydrogens is 352 g/mol. The van der Waals surface area contributed by atoms with Crippen molar-refractivity contribution in [3.8, 4) is 0 Å². The molecule has 0 aromatic heterocycles. The number of nitrogens with one attached hydrogen (secondary N) is 1. The van der Waals surface area contributed by atoms with E-state index < -0.39 is 23.5 Å². The van der Waals surface area contributed by atoms with Gasteiger partial charge in [-0.15, -0.1) is 0 Å². The minimum Gasteiger partial charge on any atom is -0.378 e. The van der Waals surface area contributed by atoms with Gasteiger partial charge in [0.1, 0.15) is 5.82 Å². The van der Waals surface area contributed by atoms with Crippen LogP contribution in [0.3, 0.4) is 0 Å². The Hall–Kier alpha value is -2.61. The van der Waals surface area contributed by atoms with E-state index in [1.807, 2.05) is 4.90 Å². The lowest BCUT2D eigenvalue weighted by atomic mass is 10.1. The summed E-state index contributed by atoms with van der Waals surface area (Å²) in [5, 5.41) is 2.41. The molecule has 0 aliphatic carbocycles. The van der Waals surface area contributed by atoms with Crippen molar-refractivity contribution in [2.45, 2.75) is 6.18 Å². The summed E-state index contributed by atoms with van der Waals surface area (Å²) in [6, 6.07) is 8.10. The second kappa shape index (κ2) is 7.33. The zero-order valence-corrected chi connectivity index (χ0v) is 13.6. The summed E-state index contributed by atoms with van der Waals surface area (Å²) in [6.07, 6.45) is -4.48. The number of anilines is 2. The predicted molar refractivity (Wildman–Crippen MR) is 88.8 cm³/mol. The van der Waals surface area contributed by atoms with E-state index in [0.29, 0.717) is 26.3 Å². The fourth-order valence-corrected chi connectivity index (χ4v) is 2.63. The highest BCUT2D eigenvalue weighted by Crippen LogP contribution is 2.29. The fourth-order valence-electron chi connectivity index (χ4n) is 2.63. The van der Waals surface area contributed by atoms with Gasteiger partial charge in [-0.1, -0.05) is 0 Å². The molecule has 26 heavy (non-hydrogen) atoms. The largest absolute Gasteiger partial charge is 0.416 e. The third kappa shape index (κ3) is 4.13. The number of morpholine rings is 1. The lowest BCUT2D eigenvalue weighted by molar-refractivity contribution is -0.137. The summed E-state index contributed by atoms with van der Waals surface area (Å²) in [5.74, 6) is -1.31. The SMILES string of the molecule is O=C(Nc1cc(N2CCOCC2)ccc1F)c1ccc(C(F)(F)F)cc1. The normalized spacial score (nSPS) is 15.0. The van der Waals surface area contributed by atoms with Crippen LogP contribution in [-0.2, 0) is 10.9 Å². The van der Waals surface area contributed by atoms with Gasteiger partial charge in [0, 0.05) is 24.3 Å². The van der Waals surface area contributed by atoms with E-state index in [-0.39, 0.29) is 11.3 Å². The summed E-state index contributed by atoms with van der Waals surface area (Å²) in [7, 11) is 0. The van der Waals surface area contributed by atoms with E-state index in [2.05, 4.69) is 5.32 Å². The van der Waals surface area contributed by atoms with Crippen molar-refractivity contribution >= 4 is 17.3 Å². The van der Waals surface area contributed by atoms with E-state index in [1.165, 1.54) is 12.1 Å². The van der Waals surface area contributed by atoms with Gasteiger partial charge in [-0.05, 0) is 42.5 Å². The Morgan fingerprint density at radius 1 is 1.04 bits per heavy atom. The monoisotopic (exact) mass is 368 g/mol. The number of alkyl halides is 3. The van der Waals surface area contributed by atoms with Gasteiger partial charge in [0.15, 0.2) is 0 Å². The molecule has 1 N–H and O–H groups in total. The third-order valence-electron chi connectivity index (χ3n) is 4.05. The Kier molecular flexibility index (Phi) is 5.13. The zero-order valence-electron chi connectivity index (χ0n) is 13.6. The third-order valence-corrected chi connectivity index (χ3v) is 4.05. The van der Waals surface area contributed by atoms with Crippen molar-refractivity contribution in [1.29, 1.82) is 0 Å². The van der Waals surface area contributed by atoms with Gasteiger partial charge in [-0.2, -0.15) is 13.2 Å². The number of hydrogen-bond donors (Lipinski definition) is 1. The van der Waals surface area contributed by atoms with Crippen LogP contribution < -0.4 is 10.2 Å². The van der Waals surface area contributed by atoms with Crippen LogP contribution in [0.25, 0.3) is 0 Å².